The molecule has 0 spiro atoms. The van der Waals surface area contributed by atoms with Gasteiger partial charge in [-0.2, -0.15) is 0 Å². The smallest absolute Gasteiger partial charge is 0.0988 e. The summed E-state index contributed by atoms with van der Waals surface area (Å²) in [5.74, 6) is 2.04. The SMILES string of the molecule is C=C(CCC(C)C(c1ccccc1)c1ccc(C)cc1)Cc1ccc(CCCC2=C(C)OC(C)CC=C2C)cc1. The van der Waals surface area contributed by atoms with Crippen LogP contribution in [0, 0.1) is 12.8 Å². The first-order valence-corrected chi connectivity index (χ1v) is 15.2. The topological polar surface area (TPSA) is 9.23 Å². The Hall–Kier alpha value is -3.32. The van der Waals surface area contributed by atoms with E-state index in [0.29, 0.717) is 11.8 Å². The number of allylic oxidation sites excluding steroid dienone is 4. The first kappa shape index (κ1) is 29.7. The molecule has 1 heterocycles. The zero-order chi connectivity index (χ0) is 28.5. The van der Waals surface area contributed by atoms with E-state index in [1.807, 2.05) is 0 Å². The first-order chi connectivity index (χ1) is 19.3. The molecule has 4 rings (SSSR count). The highest BCUT2D eigenvalue weighted by Gasteiger charge is 2.21. The van der Waals surface area contributed by atoms with Gasteiger partial charge in [-0.15, -0.1) is 0 Å². The average molecular weight is 533 g/mol. The maximum absolute atomic E-state index is 6.07. The van der Waals surface area contributed by atoms with Gasteiger partial charge in [-0.3, -0.25) is 0 Å². The van der Waals surface area contributed by atoms with Crippen molar-refractivity contribution in [3.8, 4) is 0 Å². The Morgan fingerprint density at radius 1 is 0.850 bits per heavy atom. The van der Waals surface area contributed by atoms with Crippen molar-refractivity contribution >= 4 is 0 Å². The van der Waals surface area contributed by atoms with E-state index in [-0.39, 0.29) is 6.10 Å². The van der Waals surface area contributed by atoms with Crippen LogP contribution in [0.1, 0.15) is 93.5 Å². The molecular formula is C39H48O. The van der Waals surface area contributed by atoms with Crippen LogP contribution in [0.5, 0.6) is 0 Å². The maximum Gasteiger partial charge on any atom is 0.0988 e. The molecule has 3 aromatic carbocycles. The standard InChI is InChI=1S/C39H48O/c1-28-16-25-37(26-17-28)39(36-12-8-7-9-13-36)31(4)18-15-29(2)27-35-23-21-34(22-24-35)11-10-14-38-30(3)19-20-32(5)40-33(38)6/h7-9,12-13,16-17,19,21-26,31-32,39H,2,10-11,14-15,18,20,27H2,1,3-6H3. The lowest BCUT2D eigenvalue weighted by molar-refractivity contribution is 0.135. The maximum atomic E-state index is 6.07. The fraction of sp³-hybridized carbons (Fsp3) is 0.385. The van der Waals surface area contributed by atoms with Gasteiger partial charge in [-0.05, 0) is 106 Å². The fourth-order valence-electron chi connectivity index (χ4n) is 6.09. The normalized spacial score (nSPS) is 17.0. The van der Waals surface area contributed by atoms with Gasteiger partial charge in [0.15, 0.2) is 0 Å². The summed E-state index contributed by atoms with van der Waals surface area (Å²) in [4.78, 5) is 0. The molecule has 0 bridgehead atoms. The average Bonchev–Trinajstić information content (AvgIpc) is 3.07. The largest absolute Gasteiger partial charge is 0.495 e. The van der Waals surface area contributed by atoms with E-state index in [9.17, 15) is 0 Å². The van der Waals surface area contributed by atoms with E-state index in [4.69, 9.17) is 4.74 Å². The van der Waals surface area contributed by atoms with Crippen LogP contribution in [0.25, 0.3) is 0 Å². The zero-order valence-electron chi connectivity index (χ0n) is 25.4. The van der Waals surface area contributed by atoms with Gasteiger partial charge < -0.3 is 4.74 Å². The fourth-order valence-corrected chi connectivity index (χ4v) is 6.09. The van der Waals surface area contributed by atoms with E-state index in [2.05, 4.69) is 126 Å². The summed E-state index contributed by atoms with van der Waals surface area (Å²) in [6.07, 6.45) is 10.1. The minimum Gasteiger partial charge on any atom is -0.495 e. The van der Waals surface area contributed by atoms with Crippen LogP contribution in [0.2, 0.25) is 0 Å². The summed E-state index contributed by atoms with van der Waals surface area (Å²) in [5.41, 5.74) is 11.0. The third-order valence-electron chi connectivity index (χ3n) is 8.52. The van der Waals surface area contributed by atoms with E-state index < -0.39 is 0 Å². The zero-order valence-corrected chi connectivity index (χ0v) is 25.4. The molecule has 1 aliphatic rings. The Kier molecular flexibility index (Phi) is 10.6. The third kappa shape index (κ3) is 8.34. The molecule has 0 N–H and O–H groups in total. The van der Waals surface area contributed by atoms with Gasteiger partial charge in [0.05, 0.1) is 11.9 Å². The lowest BCUT2D eigenvalue weighted by Crippen LogP contribution is -2.12. The highest BCUT2D eigenvalue weighted by atomic mass is 16.5. The highest BCUT2D eigenvalue weighted by Crippen LogP contribution is 2.35. The number of hydrogen-bond acceptors (Lipinski definition) is 1. The van der Waals surface area contributed by atoms with Crippen molar-refractivity contribution < 1.29 is 4.74 Å². The molecule has 3 atom stereocenters. The number of aryl methyl sites for hydroxylation is 2. The van der Waals surface area contributed by atoms with Crippen molar-refractivity contribution in [3.63, 3.8) is 0 Å². The highest BCUT2D eigenvalue weighted by molar-refractivity contribution is 5.35. The predicted octanol–water partition coefficient (Wildman–Crippen LogP) is 10.7. The first-order valence-electron chi connectivity index (χ1n) is 15.2. The van der Waals surface area contributed by atoms with Crippen LogP contribution < -0.4 is 0 Å². The minimum absolute atomic E-state index is 0.274. The number of hydrogen-bond donors (Lipinski definition) is 0. The second-order valence-corrected chi connectivity index (χ2v) is 12.0. The molecule has 0 saturated heterocycles. The lowest BCUT2D eigenvalue weighted by atomic mass is 9.79. The molecule has 1 nitrogen and oxygen atoms in total. The van der Waals surface area contributed by atoms with Crippen molar-refractivity contribution in [3.05, 3.63) is 142 Å². The van der Waals surface area contributed by atoms with Gasteiger partial charge in [-0.25, -0.2) is 0 Å². The monoisotopic (exact) mass is 532 g/mol. The molecular weight excluding hydrogens is 484 g/mol. The molecule has 210 valence electrons. The van der Waals surface area contributed by atoms with Crippen molar-refractivity contribution in [1.82, 2.24) is 0 Å². The van der Waals surface area contributed by atoms with Gasteiger partial charge in [-0.1, -0.05) is 110 Å². The van der Waals surface area contributed by atoms with E-state index >= 15 is 0 Å². The van der Waals surface area contributed by atoms with Crippen molar-refractivity contribution in [2.24, 2.45) is 5.92 Å². The van der Waals surface area contributed by atoms with E-state index in [1.54, 1.807) is 0 Å². The van der Waals surface area contributed by atoms with Gasteiger partial charge in [0, 0.05) is 12.3 Å². The van der Waals surface area contributed by atoms with Crippen molar-refractivity contribution in [2.45, 2.75) is 91.6 Å². The Morgan fingerprint density at radius 2 is 1.50 bits per heavy atom. The second-order valence-electron chi connectivity index (χ2n) is 12.0. The second kappa shape index (κ2) is 14.4. The molecule has 0 fully saturated rings. The number of benzene rings is 3. The molecule has 3 unspecified atom stereocenters. The minimum atomic E-state index is 0.274. The molecule has 0 aliphatic carbocycles. The molecule has 0 aromatic heterocycles. The van der Waals surface area contributed by atoms with E-state index in [0.717, 1.165) is 50.7 Å². The summed E-state index contributed by atoms with van der Waals surface area (Å²) in [6.45, 7) is 15.5. The van der Waals surface area contributed by atoms with Crippen LogP contribution in [0.3, 0.4) is 0 Å². The Balaban J connectivity index is 1.28. The van der Waals surface area contributed by atoms with Crippen LogP contribution in [-0.2, 0) is 17.6 Å². The van der Waals surface area contributed by atoms with Crippen molar-refractivity contribution in [1.29, 1.82) is 0 Å². The Bertz CT molecular complexity index is 1290. The lowest BCUT2D eigenvalue weighted by Gasteiger charge is -2.26. The molecule has 0 radical (unpaired) electrons. The van der Waals surface area contributed by atoms with Crippen LogP contribution in [0.15, 0.2) is 114 Å². The van der Waals surface area contributed by atoms with E-state index in [1.165, 1.54) is 44.5 Å². The Morgan fingerprint density at radius 3 is 2.20 bits per heavy atom. The van der Waals surface area contributed by atoms with Gasteiger partial charge >= 0.3 is 0 Å². The van der Waals surface area contributed by atoms with Gasteiger partial charge in [0.2, 0.25) is 0 Å². The quantitative estimate of drug-likeness (QED) is 0.211. The molecule has 40 heavy (non-hydrogen) atoms. The number of ether oxygens (including phenoxy) is 1. The summed E-state index contributed by atoms with van der Waals surface area (Å²) >= 11 is 0. The van der Waals surface area contributed by atoms with Crippen LogP contribution in [-0.4, -0.2) is 6.10 Å². The van der Waals surface area contributed by atoms with Crippen LogP contribution >= 0.6 is 0 Å². The summed E-state index contributed by atoms with van der Waals surface area (Å²) < 4.78 is 6.07. The molecule has 0 saturated carbocycles. The predicted molar refractivity (Wildman–Crippen MR) is 172 cm³/mol. The summed E-state index contributed by atoms with van der Waals surface area (Å²) in [7, 11) is 0. The molecule has 3 aromatic rings. The molecule has 1 aliphatic heterocycles. The Labute approximate surface area is 243 Å². The molecule has 0 amide bonds. The van der Waals surface area contributed by atoms with Crippen LogP contribution in [0.4, 0.5) is 0 Å². The van der Waals surface area contributed by atoms with Crippen molar-refractivity contribution in [2.75, 3.05) is 0 Å². The third-order valence-corrected chi connectivity index (χ3v) is 8.52. The summed E-state index contributed by atoms with van der Waals surface area (Å²) in [5, 5.41) is 0. The number of rotatable bonds is 12. The molecule has 1 heteroatoms. The summed E-state index contributed by atoms with van der Waals surface area (Å²) in [6, 6.07) is 29.3. The van der Waals surface area contributed by atoms with Gasteiger partial charge in [0.1, 0.15) is 0 Å². The van der Waals surface area contributed by atoms with Gasteiger partial charge in [0.25, 0.3) is 0 Å².